The Balaban J connectivity index is 2.02. The summed E-state index contributed by atoms with van der Waals surface area (Å²) < 4.78 is 23.8. The predicted octanol–water partition coefficient (Wildman–Crippen LogP) is 4.83. The molecule has 2 aliphatic rings. The van der Waals surface area contributed by atoms with Gasteiger partial charge in [0.2, 0.25) is 0 Å². The molecule has 0 aliphatic heterocycles. The van der Waals surface area contributed by atoms with Crippen LogP contribution in [0.25, 0.3) is 0 Å². The van der Waals surface area contributed by atoms with Gasteiger partial charge in [0.05, 0.1) is 6.10 Å². The van der Waals surface area contributed by atoms with Crippen molar-refractivity contribution in [3.63, 3.8) is 0 Å². The zero-order chi connectivity index (χ0) is 17.5. The van der Waals surface area contributed by atoms with E-state index in [2.05, 4.69) is 34.1 Å². The molecule has 1 saturated carbocycles. The number of rotatable bonds is 2. The zero-order valence-corrected chi connectivity index (χ0v) is 17.3. The van der Waals surface area contributed by atoms with Crippen molar-refractivity contribution in [2.75, 3.05) is 7.11 Å². The Hall–Kier alpha value is -0.360. The second-order valence-corrected chi connectivity index (χ2v) is 10.8. The molecule has 24 heavy (non-hydrogen) atoms. The van der Waals surface area contributed by atoms with Crippen LogP contribution >= 0.6 is 15.9 Å². The molecule has 1 aromatic carbocycles. The summed E-state index contributed by atoms with van der Waals surface area (Å²) in [6.07, 6.45) is 5.56. The minimum absolute atomic E-state index is 0.0269. The molecule has 1 fully saturated rings. The highest BCUT2D eigenvalue weighted by atomic mass is 79.9. The molecule has 1 spiro atoms. The van der Waals surface area contributed by atoms with E-state index in [-0.39, 0.29) is 10.2 Å². The van der Waals surface area contributed by atoms with E-state index in [1.807, 2.05) is 20.8 Å². The summed E-state index contributed by atoms with van der Waals surface area (Å²) >= 11 is 2.34. The van der Waals surface area contributed by atoms with Crippen molar-refractivity contribution < 1.29 is 9.29 Å². The van der Waals surface area contributed by atoms with Gasteiger partial charge in [-0.25, -0.2) is 0 Å². The summed E-state index contributed by atoms with van der Waals surface area (Å²) in [5.41, 5.74) is 3.59. The van der Waals surface area contributed by atoms with E-state index >= 15 is 0 Å². The minimum atomic E-state index is -1.24. The number of hydrogen-bond acceptors (Lipinski definition) is 3. The maximum atomic E-state index is 12.7. The average Bonchev–Trinajstić information content (AvgIpc) is 2.81. The summed E-state index contributed by atoms with van der Waals surface area (Å²) in [7, 11) is 1.80. The van der Waals surface area contributed by atoms with Crippen LogP contribution in [0.2, 0.25) is 0 Å². The van der Waals surface area contributed by atoms with Crippen molar-refractivity contribution in [3.8, 4) is 0 Å². The quantitative estimate of drug-likeness (QED) is 0.653. The molecule has 1 atom stereocenters. The Morgan fingerprint density at radius 3 is 2.54 bits per heavy atom. The Morgan fingerprint density at radius 2 is 1.96 bits per heavy atom. The fourth-order valence-electron chi connectivity index (χ4n) is 3.82. The summed E-state index contributed by atoms with van der Waals surface area (Å²) in [6.45, 7) is 5.95. The highest BCUT2D eigenvalue weighted by molar-refractivity contribution is 9.10. The van der Waals surface area contributed by atoms with Crippen molar-refractivity contribution >= 4 is 33.0 Å². The molecule has 1 aromatic rings. The molecule has 2 aliphatic carbocycles. The SMILES string of the molecule is CO[C@H]1CC[C@]2(CC1)Cc1ccc(Br)cc1/C2=N/[S+]([O-])C(C)(C)C. The summed E-state index contributed by atoms with van der Waals surface area (Å²) in [5.74, 6) is 0. The first-order valence-corrected chi connectivity index (χ1v) is 10.5. The third-order valence-corrected chi connectivity index (χ3v) is 7.17. The number of benzene rings is 1. The Kier molecular flexibility index (Phi) is 5.18. The molecule has 0 radical (unpaired) electrons. The molecule has 0 saturated heterocycles. The van der Waals surface area contributed by atoms with E-state index < -0.39 is 11.4 Å². The van der Waals surface area contributed by atoms with Crippen molar-refractivity contribution in [1.29, 1.82) is 0 Å². The van der Waals surface area contributed by atoms with Crippen molar-refractivity contribution in [3.05, 3.63) is 33.8 Å². The van der Waals surface area contributed by atoms with Gasteiger partial charge >= 0.3 is 0 Å². The lowest BCUT2D eigenvalue weighted by atomic mass is 9.70. The molecule has 5 heteroatoms. The maximum absolute atomic E-state index is 12.7. The van der Waals surface area contributed by atoms with E-state index in [9.17, 15) is 4.55 Å². The molecule has 0 bridgehead atoms. The van der Waals surface area contributed by atoms with Gasteiger partial charge in [-0.15, -0.1) is 0 Å². The lowest BCUT2D eigenvalue weighted by molar-refractivity contribution is 0.0468. The monoisotopic (exact) mass is 411 g/mol. The number of methoxy groups -OCH3 is 1. The van der Waals surface area contributed by atoms with Gasteiger partial charge in [-0.2, -0.15) is 0 Å². The molecular formula is C19H26BrNO2S. The first-order valence-electron chi connectivity index (χ1n) is 8.58. The van der Waals surface area contributed by atoms with Gasteiger partial charge in [-0.3, -0.25) is 0 Å². The minimum Gasteiger partial charge on any atom is -0.591 e. The zero-order valence-electron chi connectivity index (χ0n) is 14.9. The number of hydrogen-bond donors (Lipinski definition) is 0. The number of fused-ring (bicyclic) bond motifs is 1. The van der Waals surface area contributed by atoms with Crippen LogP contribution in [0.15, 0.2) is 27.1 Å². The van der Waals surface area contributed by atoms with Gasteiger partial charge in [0, 0.05) is 22.6 Å². The highest BCUT2D eigenvalue weighted by Crippen LogP contribution is 2.49. The molecule has 3 rings (SSSR count). The fourth-order valence-corrected chi connectivity index (χ4v) is 4.91. The van der Waals surface area contributed by atoms with Gasteiger partial charge in [0.15, 0.2) is 0 Å². The standard InChI is InChI=1S/C19H26BrNO2S/c1-18(2,3)24(22)21-17-16-11-14(20)6-5-13(16)12-19(17)9-7-15(23-4)8-10-19/h5-6,11,15H,7-10,12H2,1-4H3/b21-17-/t15-,19-,24?. The van der Waals surface area contributed by atoms with E-state index in [1.165, 1.54) is 11.1 Å². The lowest BCUT2D eigenvalue weighted by Crippen LogP contribution is -2.37. The molecular weight excluding hydrogens is 386 g/mol. The second kappa shape index (κ2) is 6.75. The lowest BCUT2D eigenvalue weighted by Gasteiger charge is -2.37. The van der Waals surface area contributed by atoms with Gasteiger partial charge in [0.1, 0.15) is 21.8 Å². The van der Waals surface area contributed by atoms with Crippen molar-refractivity contribution in [2.24, 2.45) is 9.81 Å². The normalized spacial score (nSPS) is 29.9. The van der Waals surface area contributed by atoms with Crippen LogP contribution in [0.4, 0.5) is 0 Å². The maximum Gasteiger partial charge on any atom is 0.144 e. The van der Waals surface area contributed by atoms with Crippen LogP contribution in [0.5, 0.6) is 0 Å². The van der Waals surface area contributed by atoms with E-state index in [4.69, 9.17) is 9.13 Å². The smallest absolute Gasteiger partial charge is 0.144 e. The van der Waals surface area contributed by atoms with Gasteiger partial charge < -0.3 is 9.29 Å². The van der Waals surface area contributed by atoms with Crippen LogP contribution in [-0.4, -0.2) is 28.2 Å². The van der Waals surface area contributed by atoms with Gasteiger partial charge in [0.25, 0.3) is 0 Å². The molecule has 3 nitrogen and oxygen atoms in total. The van der Waals surface area contributed by atoms with Crippen LogP contribution in [0.1, 0.15) is 57.6 Å². The van der Waals surface area contributed by atoms with E-state index in [0.717, 1.165) is 42.3 Å². The van der Waals surface area contributed by atoms with Crippen LogP contribution in [0.3, 0.4) is 0 Å². The van der Waals surface area contributed by atoms with E-state index in [1.54, 1.807) is 7.11 Å². The van der Waals surface area contributed by atoms with Crippen LogP contribution < -0.4 is 0 Å². The summed E-state index contributed by atoms with van der Waals surface area (Å²) in [4.78, 5) is 0. The molecule has 132 valence electrons. The van der Waals surface area contributed by atoms with Crippen LogP contribution in [0, 0.1) is 5.41 Å². The first kappa shape index (κ1) is 18.4. The Morgan fingerprint density at radius 1 is 1.29 bits per heavy atom. The van der Waals surface area contributed by atoms with E-state index in [0.29, 0.717) is 6.10 Å². The molecule has 0 heterocycles. The largest absolute Gasteiger partial charge is 0.591 e. The van der Waals surface area contributed by atoms with Gasteiger partial charge in [-0.05, 0) is 70.6 Å². The first-order chi connectivity index (χ1) is 11.2. The number of halogens is 1. The topological polar surface area (TPSA) is 44.6 Å². The van der Waals surface area contributed by atoms with Crippen molar-refractivity contribution in [1.82, 2.24) is 0 Å². The highest BCUT2D eigenvalue weighted by Gasteiger charge is 2.47. The molecule has 0 N–H and O–H groups in total. The molecule has 1 unspecified atom stereocenters. The van der Waals surface area contributed by atoms with Crippen molar-refractivity contribution in [2.45, 2.75) is 63.7 Å². The van der Waals surface area contributed by atoms with Gasteiger partial charge in [-0.1, -0.05) is 26.4 Å². The third-order valence-electron chi connectivity index (χ3n) is 5.28. The second-order valence-electron chi connectivity index (χ2n) is 8.00. The third kappa shape index (κ3) is 3.46. The number of nitrogens with zero attached hydrogens (tertiary/aromatic N) is 1. The Bertz CT molecular complexity index is 645. The molecule has 0 aromatic heterocycles. The molecule has 0 amide bonds. The summed E-state index contributed by atoms with van der Waals surface area (Å²) in [6, 6.07) is 6.42. The number of ether oxygens (including phenoxy) is 1. The fraction of sp³-hybridized carbons (Fsp3) is 0.632. The average molecular weight is 412 g/mol. The summed E-state index contributed by atoms with van der Waals surface area (Å²) in [5, 5.41) is 0. The van der Waals surface area contributed by atoms with Crippen LogP contribution in [-0.2, 0) is 22.5 Å². The predicted molar refractivity (Wildman–Crippen MR) is 104 cm³/mol. The Labute approximate surface area is 156 Å².